The predicted octanol–water partition coefficient (Wildman–Crippen LogP) is 1.83. The number of rotatable bonds is 3. The van der Waals surface area contributed by atoms with Crippen LogP contribution in [0.15, 0.2) is 24.4 Å². The van der Waals surface area contributed by atoms with E-state index < -0.39 is 0 Å². The molecule has 102 valence electrons. The molecule has 0 unspecified atom stereocenters. The second kappa shape index (κ2) is 4.74. The van der Waals surface area contributed by atoms with Crippen molar-refractivity contribution in [1.82, 2.24) is 20.2 Å². The highest BCUT2D eigenvalue weighted by atomic mass is 19.1. The summed E-state index contributed by atoms with van der Waals surface area (Å²) in [5.41, 5.74) is 4.06. The zero-order valence-electron chi connectivity index (χ0n) is 10.6. The molecule has 2 aromatic heterocycles. The first-order chi connectivity index (χ1) is 9.67. The number of H-pyrrole nitrogens is 1. The number of hydrazine groups is 1. The van der Waals surface area contributed by atoms with Crippen molar-refractivity contribution in [2.45, 2.75) is 6.92 Å². The van der Waals surface area contributed by atoms with E-state index in [2.05, 4.69) is 30.9 Å². The standard InChI is InChI=1S/C12H12FN7/c1-6-2-3-7(4-9(6)13)16-10-8-5-15-20-11(8)18-12(17-10)19-14/h2-5H,14H2,1H3,(H3,15,16,17,18,19,20). The topological polar surface area (TPSA) is 105 Å². The van der Waals surface area contributed by atoms with E-state index in [9.17, 15) is 4.39 Å². The molecule has 0 aliphatic rings. The molecule has 0 aliphatic carbocycles. The molecule has 20 heavy (non-hydrogen) atoms. The highest BCUT2D eigenvalue weighted by molar-refractivity contribution is 5.88. The van der Waals surface area contributed by atoms with Gasteiger partial charge >= 0.3 is 0 Å². The number of nitrogens with one attached hydrogen (secondary N) is 3. The van der Waals surface area contributed by atoms with Crippen molar-refractivity contribution in [3.8, 4) is 0 Å². The number of hydrogen-bond acceptors (Lipinski definition) is 6. The van der Waals surface area contributed by atoms with Gasteiger partial charge in [0.15, 0.2) is 5.65 Å². The summed E-state index contributed by atoms with van der Waals surface area (Å²) >= 11 is 0. The van der Waals surface area contributed by atoms with Crippen molar-refractivity contribution >= 4 is 28.5 Å². The van der Waals surface area contributed by atoms with Gasteiger partial charge in [0, 0.05) is 5.69 Å². The third kappa shape index (κ3) is 2.12. The van der Waals surface area contributed by atoms with Crippen LogP contribution >= 0.6 is 0 Å². The molecule has 0 amide bonds. The zero-order chi connectivity index (χ0) is 14.1. The van der Waals surface area contributed by atoms with Crippen molar-refractivity contribution in [2.75, 3.05) is 10.7 Å². The highest BCUT2D eigenvalue weighted by Gasteiger charge is 2.10. The molecular weight excluding hydrogens is 261 g/mol. The largest absolute Gasteiger partial charge is 0.339 e. The summed E-state index contributed by atoms with van der Waals surface area (Å²) in [6.07, 6.45) is 1.59. The zero-order valence-corrected chi connectivity index (χ0v) is 10.6. The summed E-state index contributed by atoms with van der Waals surface area (Å²) < 4.78 is 13.6. The molecule has 5 N–H and O–H groups in total. The highest BCUT2D eigenvalue weighted by Crippen LogP contribution is 2.24. The van der Waals surface area contributed by atoms with Crippen LogP contribution < -0.4 is 16.6 Å². The minimum atomic E-state index is -0.287. The number of benzene rings is 1. The molecule has 3 aromatic rings. The van der Waals surface area contributed by atoms with Gasteiger partial charge in [0.25, 0.3) is 0 Å². The first-order valence-corrected chi connectivity index (χ1v) is 5.88. The van der Waals surface area contributed by atoms with E-state index in [1.54, 1.807) is 25.3 Å². The Morgan fingerprint density at radius 2 is 2.15 bits per heavy atom. The molecule has 7 nitrogen and oxygen atoms in total. The van der Waals surface area contributed by atoms with Gasteiger partial charge in [-0.15, -0.1) is 0 Å². The van der Waals surface area contributed by atoms with Gasteiger partial charge in [0.1, 0.15) is 11.6 Å². The maximum atomic E-state index is 13.6. The molecule has 0 saturated heterocycles. The first kappa shape index (κ1) is 12.3. The van der Waals surface area contributed by atoms with E-state index in [0.29, 0.717) is 28.1 Å². The van der Waals surface area contributed by atoms with E-state index >= 15 is 0 Å². The number of nitrogens with two attached hydrogens (primary N) is 1. The van der Waals surface area contributed by atoms with Crippen LogP contribution in [0.1, 0.15) is 5.56 Å². The van der Waals surface area contributed by atoms with Crippen LogP contribution in [0, 0.1) is 12.7 Å². The number of aryl methyl sites for hydroxylation is 1. The third-order valence-corrected chi connectivity index (χ3v) is 2.87. The van der Waals surface area contributed by atoms with Crippen molar-refractivity contribution < 1.29 is 4.39 Å². The van der Waals surface area contributed by atoms with Crippen LogP contribution in [0.2, 0.25) is 0 Å². The maximum absolute atomic E-state index is 13.6. The molecule has 0 bridgehead atoms. The Bertz CT molecular complexity index is 768. The molecule has 0 aliphatic heterocycles. The van der Waals surface area contributed by atoms with Crippen molar-refractivity contribution in [1.29, 1.82) is 0 Å². The molecule has 0 saturated carbocycles. The van der Waals surface area contributed by atoms with E-state index in [-0.39, 0.29) is 11.8 Å². The summed E-state index contributed by atoms with van der Waals surface area (Å²) in [7, 11) is 0. The Hall–Kier alpha value is -2.74. The van der Waals surface area contributed by atoms with E-state index in [1.165, 1.54) is 6.07 Å². The van der Waals surface area contributed by atoms with E-state index in [1.807, 2.05) is 0 Å². The van der Waals surface area contributed by atoms with Gasteiger partial charge in [0.2, 0.25) is 5.95 Å². The summed E-state index contributed by atoms with van der Waals surface area (Å²) in [4.78, 5) is 8.31. The van der Waals surface area contributed by atoms with E-state index in [0.717, 1.165) is 0 Å². The molecule has 0 spiro atoms. The van der Waals surface area contributed by atoms with Crippen molar-refractivity contribution in [2.24, 2.45) is 5.84 Å². The van der Waals surface area contributed by atoms with Crippen LogP contribution in [-0.2, 0) is 0 Å². The van der Waals surface area contributed by atoms with E-state index in [4.69, 9.17) is 5.84 Å². The fraction of sp³-hybridized carbons (Fsp3) is 0.0833. The molecule has 2 heterocycles. The summed E-state index contributed by atoms with van der Waals surface area (Å²) in [6, 6.07) is 4.86. The first-order valence-electron chi connectivity index (χ1n) is 5.88. The Morgan fingerprint density at radius 3 is 2.90 bits per heavy atom. The van der Waals surface area contributed by atoms with Gasteiger partial charge < -0.3 is 5.32 Å². The number of nitrogen functional groups attached to an aromatic ring is 1. The Kier molecular flexibility index (Phi) is 2.92. The minimum absolute atomic E-state index is 0.233. The Morgan fingerprint density at radius 1 is 1.30 bits per heavy atom. The van der Waals surface area contributed by atoms with Gasteiger partial charge in [-0.1, -0.05) is 6.07 Å². The number of aromatic amines is 1. The average molecular weight is 273 g/mol. The fourth-order valence-corrected chi connectivity index (χ4v) is 1.80. The quantitative estimate of drug-likeness (QED) is 0.428. The lowest BCUT2D eigenvalue weighted by molar-refractivity contribution is 0.619. The predicted molar refractivity (Wildman–Crippen MR) is 73.9 cm³/mol. The van der Waals surface area contributed by atoms with Crippen LogP contribution in [0.4, 0.5) is 21.8 Å². The van der Waals surface area contributed by atoms with Crippen LogP contribution in [0.3, 0.4) is 0 Å². The average Bonchev–Trinajstić information content (AvgIpc) is 2.91. The van der Waals surface area contributed by atoms with Crippen LogP contribution in [0.5, 0.6) is 0 Å². The normalized spacial score (nSPS) is 10.8. The second-order valence-electron chi connectivity index (χ2n) is 4.26. The molecule has 0 radical (unpaired) electrons. The Balaban J connectivity index is 2.04. The van der Waals surface area contributed by atoms with Gasteiger partial charge in [-0.05, 0) is 24.6 Å². The number of nitrogens with zero attached hydrogens (tertiary/aromatic N) is 3. The van der Waals surface area contributed by atoms with Gasteiger partial charge in [-0.25, -0.2) is 10.2 Å². The number of hydrogen-bond donors (Lipinski definition) is 4. The maximum Gasteiger partial charge on any atom is 0.241 e. The van der Waals surface area contributed by atoms with Crippen LogP contribution in [0.25, 0.3) is 11.0 Å². The monoisotopic (exact) mass is 273 g/mol. The molecule has 3 rings (SSSR count). The Labute approximate surface area is 113 Å². The van der Waals surface area contributed by atoms with Crippen molar-refractivity contribution in [3.05, 3.63) is 35.8 Å². The molecule has 8 heteroatoms. The fourth-order valence-electron chi connectivity index (χ4n) is 1.80. The lowest BCUT2D eigenvalue weighted by Gasteiger charge is -2.08. The SMILES string of the molecule is Cc1ccc(Nc2nc(NN)nc3[nH]ncc23)cc1F. The minimum Gasteiger partial charge on any atom is -0.339 e. The molecular formula is C12H12FN7. The number of halogens is 1. The smallest absolute Gasteiger partial charge is 0.241 e. The molecule has 1 aromatic carbocycles. The lowest BCUT2D eigenvalue weighted by atomic mass is 10.2. The second-order valence-corrected chi connectivity index (χ2v) is 4.26. The van der Waals surface area contributed by atoms with Crippen molar-refractivity contribution in [3.63, 3.8) is 0 Å². The molecule has 0 fully saturated rings. The summed E-state index contributed by atoms with van der Waals surface area (Å²) in [5, 5.41) is 10.3. The van der Waals surface area contributed by atoms with Gasteiger partial charge in [0.05, 0.1) is 11.6 Å². The van der Waals surface area contributed by atoms with Gasteiger partial charge in [-0.3, -0.25) is 10.5 Å². The summed E-state index contributed by atoms with van der Waals surface area (Å²) in [6.45, 7) is 1.70. The lowest BCUT2D eigenvalue weighted by Crippen LogP contribution is -2.11. The molecule has 0 atom stereocenters. The third-order valence-electron chi connectivity index (χ3n) is 2.87. The number of fused-ring (bicyclic) bond motifs is 1. The summed E-state index contributed by atoms with van der Waals surface area (Å²) in [5.74, 6) is 5.75. The van der Waals surface area contributed by atoms with Gasteiger partial charge in [-0.2, -0.15) is 15.1 Å². The number of anilines is 3. The van der Waals surface area contributed by atoms with Crippen LogP contribution in [-0.4, -0.2) is 20.2 Å². The number of aromatic nitrogens is 4.